The molecule has 202 valence electrons. The lowest BCUT2D eigenvalue weighted by Crippen LogP contribution is -2.35. The SMILES string of the molecule is CCN1CCC([C@@H](C#N)c2ccc(Nc3ncc(F)c(-c4cc(F)c5nc(C)n(C(C)C)c5c4)n3)nc2)CC1. The highest BCUT2D eigenvalue weighted by Gasteiger charge is 2.27. The monoisotopic (exact) mass is 530 g/mol. The molecule has 1 N–H and O–H groups in total. The van der Waals surface area contributed by atoms with Gasteiger partial charge in [-0.2, -0.15) is 5.26 Å². The number of rotatable bonds is 7. The average molecular weight is 531 g/mol. The number of hydrogen-bond donors (Lipinski definition) is 1. The zero-order chi connectivity index (χ0) is 27.7. The number of piperidine rings is 1. The van der Waals surface area contributed by atoms with E-state index in [1.807, 2.05) is 31.4 Å². The van der Waals surface area contributed by atoms with Gasteiger partial charge in [0.1, 0.15) is 22.9 Å². The molecule has 3 aromatic heterocycles. The fourth-order valence-electron chi connectivity index (χ4n) is 5.52. The molecule has 0 spiro atoms. The lowest BCUT2D eigenvalue weighted by Gasteiger charge is -2.33. The molecule has 0 unspecified atom stereocenters. The molecular weight excluding hydrogens is 498 g/mol. The summed E-state index contributed by atoms with van der Waals surface area (Å²) < 4.78 is 31.7. The Balaban J connectivity index is 1.38. The first-order chi connectivity index (χ1) is 18.8. The summed E-state index contributed by atoms with van der Waals surface area (Å²) in [6.45, 7) is 11.0. The van der Waals surface area contributed by atoms with Gasteiger partial charge in [-0.05, 0) is 82.9 Å². The average Bonchev–Trinajstić information content (AvgIpc) is 3.28. The van der Waals surface area contributed by atoms with Gasteiger partial charge >= 0.3 is 0 Å². The van der Waals surface area contributed by atoms with Crippen LogP contribution in [0.1, 0.15) is 57.0 Å². The molecule has 0 saturated carbocycles. The summed E-state index contributed by atoms with van der Waals surface area (Å²) in [5.41, 5.74) is 1.96. The molecule has 1 aliphatic heterocycles. The predicted molar refractivity (Wildman–Crippen MR) is 147 cm³/mol. The van der Waals surface area contributed by atoms with Crippen LogP contribution in [0, 0.1) is 35.8 Å². The van der Waals surface area contributed by atoms with Crippen molar-refractivity contribution in [3.8, 4) is 17.3 Å². The van der Waals surface area contributed by atoms with Crippen molar-refractivity contribution in [3.63, 3.8) is 0 Å². The number of nitrogens with one attached hydrogen (secondary N) is 1. The van der Waals surface area contributed by atoms with Crippen LogP contribution >= 0.6 is 0 Å². The minimum atomic E-state index is -0.666. The predicted octanol–water partition coefficient (Wildman–Crippen LogP) is 6.14. The number of fused-ring (bicyclic) bond motifs is 1. The topological polar surface area (TPSA) is 95.6 Å². The van der Waals surface area contributed by atoms with Crippen molar-refractivity contribution in [1.29, 1.82) is 5.26 Å². The molecule has 8 nitrogen and oxygen atoms in total. The maximum absolute atomic E-state index is 15.0. The van der Waals surface area contributed by atoms with Crippen molar-refractivity contribution in [2.75, 3.05) is 25.0 Å². The number of anilines is 2. The molecule has 4 aromatic rings. The number of benzene rings is 1. The number of likely N-dealkylation sites (tertiary alicyclic amines) is 1. The lowest BCUT2D eigenvalue weighted by atomic mass is 9.81. The van der Waals surface area contributed by atoms with Gasteiger partial charge in [0.25, 0.3) is 0 Å². The van der Waals surface area contributed by atoms with Crippen LogP contribution in [0.3, 0.4) is 0 Å². The highest BCUT2D eigenvalue weighted by Crippen LogP contribution is 2.33. The Labute approximate surface area is 226 Å². The van der Waals surface area contributed by atoms with Gasteiger partial charge in [0.15, 0.2) is 11.6 Å². The van der Waals surface area contributed by atoms with Crippen LogP contribution in [0.15, 0.2) is 36.7 Å². The Bertz CT molecular complexity index is 1520. The Morgan fingerprint density at radius 3 is 2.49 bits per heavy atom. The number of nitrogens with zero attached hydrogens (tertiary/aromatic N) is 7. The third-order valence-corrected chi connectivity index (χ3v) is 7.53. The van der Waals surface area contributed by atoms with Crippen LogP contribution in [0.2, 0.25) is 0 Å². The molecule has 1 aromatic carbocycles. The summed E-state index contributed by atoms with van der Waals surface area (Å²) in [7, 11) is 0. The van der Waals surface area contributed by atoms with Gasteiger partial charge in [0.05, 0.1) is 23.7 Å². The zero-order valence-corrected chi connectivity index (χ0v) is 22.6. The fourth-order valence-corrected chi connectivity index (χ4v) is 5.52. The van der Waals surface area contributed by atoms with Crippen molar-refractivity contribution >= 4 is 22.8 Å². The van der Waals surface area contributed by atoms with Crippen molar-refractivity contribution in [2.45, 2.75) is 52.5 Å². The molecule has 0 aliphatic carbocycles. The fraction of sp³-hybridized carbons (Fsp3) is 0.414. The quantitative estimate of drug-likeness (QED) is 0.307. The molecule has 1 fully saturated rings. The van der Waals surface area contributed by atoms with Crippen molar-refractivity contribution in [3.05, 3.63) is 59.7 Å². The molecule has 0 bridgehead atoms. The summed E-state index contributed by atoms with van der Waals surface area (Å²) >= 11 is 0. The van der Waals surface area contributed by atoms with E-state index in [9.17, 15) is 14.0 Å². The summed E-state index contributed by atoms with van der Waals surface area (Å²) in [4.78, 5) is 19.6. The van der Waals surface area contributed by atoms with Crippen LogP contribution in [0.25, 0.3) is 22.3 Å². The second-order valence-electron chi connectivity index (χ2n) is 10.3. The summed E-state index contributed by atoms with van der Waals surface area (Å²) in [6, 6.07) is 9.12. The summed E-state index contributed by atoms with van der Waals surface area (Å²) in [5, 5.41) is 12.9. The first kappa shape index (κ1) is 26.6. The zero-order valence-electron chi connectivity index (χ0n) is 22.6. The number of hydrogen-bond acceptors (Lipinski definition) is 7. The van der Waals surface area contributed by atoms with Crippen LogP contribution < -0.4 is 5.32 Å². The molecule has 1 atom stereocenters. The molecule has 0 radical (unpaired) electrons. The van der Waals surface area contributed by atoms with Crippen LogP contribution in [-0.4, -0.2) is 49.0 Å². The van der Waals surface area contributed by atoms with E-state index in [0.29, 0.717) is 28.6 Å². The Hall–Kier alpha value is -3.97. The van der Waals surface area contributed by atoms with Gasteiger partial charge in [-0.15, -0.1) is 0 Å². The Morgan fingerprint density at radius 1 is 1.08 bits per heavy atom. The maximum atomic E-state index is 15.0. The molecule has 4 heterocycles. The van der Waals surface area contributed by atoms with Gasteiger partial charge in [-0.1, -0.05) is 13.0 Å². The largest absolute Gasteiger partial charge is 0.326 e. The van der Waals surface area contributed by atoms with Gasteiger partial charge in [0.2, 0.25) is 5.95 Å². The third-order valence-electron chi connectivity index (χ3n) is 7.53. The second kappa shape index (κ2) is 11.0. The summed E-state index contributed by atoms with van der Waals surface area (Å²) in [5.74, 6) is 0.152. The van der Waals surface area contributed by atoms with Crippen LogP contribution in [0.5, 0.6) is 0 Å². The minimum absolute atomic E-state index is 0.0259. The van der Waals surface area contributed by atoms with E-state index >= 15 is 0 Å². The number of pyridine rings is 1. The van der Waals surface area contributed by atoms with E-state index in [2.05, 4.69) is 43.1 Å². The Morgan fingerprint density at radius 2 is 1.85 bits per heavy atom. The standard InChI is InChI=1S/C29H32F2N8/c1-5-38-10-8-19(9-11-38)22(14-32)20-6-7-26(33-15-20)36-29-34-16-24(31)27(37-29)21-12-23(30)28-25(13-21)39(17(2)3)18(4)35-28/h6-7,12-13,15-17,19,22H,5,8-11H2,1-4H3,(H,33,34,36,37)/t22-/m1/s1. The first-order valence-corrected chi connectivity index (χ1v) is 13.3. The van der Waals surface area contributed by atoms with E-state index in [-0.39, 0.29) is 29.1 Å². The summed E-state index contributed by atoms with van der Waals surface area (Å²) in [6.07, 6.45) is 4.73. The smallest absolute Gasteiger partial charge is 0.229 e. The van der Waals surface area contributed by atoms with E-state index in [1.54, 1.807) is 18.3 Å². The van der Waals surface area contributed by atoms with Crippen molar-refractivity contribution < 1.29 is 8.78 Å². The van der Waals surface area contributed by atoms with Crippen LogP contribution in [0.4, 0.5) is 20.5 Å². The van der Waals surface area contributed by atoms with Crippen LogP contribution in [-0.2, 0) is 0 Å². The number of aryl methyl sites for hydroxylation is 1. The normalized spacial score (nSPS) is 15.5. The number of aromatic nitrogens is 5. The highest BCUT2D eigenvalue weighted by molar-refractivity contribution is 5.83. The number of halogens is 2. The Kier molecular flexibility index (Phi) is 7.53. The molecule has 0 amide bonds. The molecule has 1 saturated heterocycles. The maximum Gasteiger partial charge on any atom is 0.229 e. The van der Waals surface area contributed by atoms with Gasteiger partial charge in [-0.25, -0.2) is 28.7 Å². The van der Waals surface area contributed by atoms with E-state index in [1.165, 1.54) is 6.07 Å². The second-order valence-corrected chi connectivity index (χ2v) is 10.3. The van der Waals surface area contributed by atoms with E-state index in [0.717, 1.165) is 44.2 Å². The van der Waals surface area contributed by atoms with Crippen molar-refractivity contribution in [1.82, 2.24) is 29.4 Å². The first-order valence-electron chi connectivity index (χ1n) is 13.3. The van der Waals surface area contributed by atoms with Gasteiger partial charge < -0.3 is 14.8 Å². The number of imidazole rings is 1. The minimum Gasteiger partial charge on any atom is -0.326 e. The third kappa shape index (κ3) is 5.32. The van der Waals surface area contributed by atoms with E-state index in [4.69, 9.17) is 0 Å². The molecular formula is C29H32F2N8. The highest BCUT2D eigenvalue weighted by atomic mass is 19.1. The number of nitriles is 1. The molecule has 39 heavy (non-hydrogen) atoms. The molecule has 5 rings (SSSR count). The van der Waals surface area contributed by atoms with E-state index < -0.39 is 11.6 Å². The van der Waals surface area contributed by atoms with Gasteiger partial charge in [0, 0.05) is 17.8 Å². The molecule has 10 heteroatoms. The molecule has 1 aliphatic rings. The van der Waals surface area contributed by atoms with Crippen molar-refractivity contribution in [2.24, 2.45) is 5.92 Å². The van der Waals surface area contributed by atoms with Gasteiger partial charge in [-0.3, -0.25) is 0 Å². The lowest BCUT2D eigenvalue weighted by molar-refractivity contribution is 0.185.